The van der Waals surface area contributed by atoms with Crippen molar-refractivity contribution < 1.29 is 17.5 Å². The van der Waals surface area contributed by atoms with Crippen LogP contribution in [0.15, 0.2) is 53.4 Å². The Morgan fingerprint density at radius 1 is 1.14 bits per heavy atom. The first-order chi connectivity index (χ1) is 13.5. The van der Waals surface area contributed by atoms with Gasteiger partial charge in [-0.3, -0.25) is 0 Å². The highest BCUT2D eigenvalue weighted by Gasteiger charge is 2.28. The van der Waals surface area contributed by atoms with Gasteiger partial charge in [0, 0.05) is 24.6 Å². The highest BCUT2D eigenvalue weighted by Crippen LogP contribution is 2.26. The lowest BCUT2D eigenvalue weighted by molar-refractivity contribution is 0.398. The van der Waals surface area contributed by atoms with E-state index in [1.165, 1.54) is 25.3 Å². The molecule has 0 unspecified atom stereocenters. The van der Waals surface area contributed by atoms with Gasteiger partial charge in [0.2, 0.25) is 10.0 Å². The van der Waals surface area contributed by atoms with Gasteiger partial charge in [-0.2, -0.15) is 0 Å². The van der Waals surface area contributed by atoms with Gasteiger partial charge in [0.15, 0.2) is 5.82 Å². The van der Waals surface area contributed by atoms with Crippen LogP contribution < -0.4 is 9.46 Å². The number of halogens is 1. The molecule has 0 saturated heterocycles. The van der Waals surface area contributed by atoms with Crippen molar-refractivity contribution in [1.29, 1.82) is 0 Å². The molecule has 0 aliphatic carbocycles. The lowest BCUT2D eigenvalue weighted by Gasteiger charge is -2.25. The topological polar surface area (TPSA) is 86.1 Å². The van der Waals surface area contributed by atoms with Crippen LogP contribution in [0, 0.1) is 5.82 Å². The summed E-state index contributed by atoms with van der Waals surface area (Å²) in [6, 6.07) is 12.2. The van der Waals surface area contributed by atoms with Crippen molar-refractivity contribution in [2.75, 3.05) is 7.11 Å². The predicted molar refractivity (Wildman–Crippen MR) is 101 cm³/mol. The van der Waals surface area contributed by atoms with Crippen molar-refractivity contribution in [3.63, 3.8) is 0 Å². The maximum absolute atomic E-state index is 13.2. The third-order valence-corrected chi connectivity index (χ3v) is 6.29. The number of benzene rings is 2. The van der Waals surface area contributed by atoms with Crippen molar-refractivity contribution in [1.82, 2.24) is 19.5 Å². The monoisotopic (exact) mass is 402 g/mol. The van der Waals surface area contributed by atoms with Gasteiger partial charge < -0.3 is 9.30 Å². The van der Waals surface area contributed by atoms with Gasteiger partial charge in [-0.1, -0.05) is 12.1 Å². The number of rotatable bonds is 5. The Morgan fingerprint density at radius 2 is 1.89 bits per heavy atom. The smallest absolute Gasteiger partial charge is 0.244 e. The van der Waals surface area contributed by atoms with Crippen LogP contribution in [-0.2, 0) is 23.0 Å². The summed E-state index contributed by atoms with van der Waals surface area (Å²) in [6.07, 6.45) is 1.20. The van der Waals surface area contributed by atoms with Crippen molar-refractivity contribution >= 4 is 10.0 Å². The standard InChI is InChI=1S/C19H19FN4O3S/c1-27-16-4-2-3-5-17(16)28(25,26)23-15-10-11-18-21-22-19(24(18)12-15)13-6-8-14(20)9-7-13/h2-9,15,23H,10-12H2,1H3/t15-/m0/s1. The Morgan fingerprint density at radius 3 is 2.64 bits per heavy atom. The zero-order chi connectivity index (χ0) is 19.7. The molecule has 7 nitrogen and oxygen atoms in total. The minimum atomic E-state index is -3.75. The van der Waals surface area contributed by atoms with Gasteiger partial charge in [-0.25, -0.2) is 17.5 Å². The highest BCUT2D eigenvalue weighted by atomic mass is 32.2. The van der Waals surface area contributed by atoms with Crippen molar-refractivity contribution in [2.45, 2.75) is 30.3 Å². The van der Waals surface area contributed by atoms with Crippen LogP contribution in [0.1, 0.15) is 12.2 Å². The van der Waals surface area contributed by atoms with Gasteiger partial charge in [-0.05, 0) is 42.8 Å². The summed E-state index contributed by atoms with van der Waals surface area (Å²) in [5.74, 6) is 1.34. The molecule has 9 heteroatoms. The van der Waals surface area contributed by atoms with E-state index in [9.17, 15) is 12.8 Å². The largest absolute Gasteiger partial charge is 0.495 e. The minimum Gasteiger partial charge on any atom is -0.495 e. The number of hydrogen-bond acceptors (Lipinski definition) is 5. The molecular weight excluding hydrogens is 383 g/mol. The van der Waals surface area contributed by atoms with Crippen LogP contribution in [0.5, 0.6) is 5.75 Å². The Hall–Kier alpha value is -2.78. The molecule has 0 saturated carbocycles. The Kier molecular flexibility index (Phi) is 4.86. The second-order valence-electron chi connectivity index (χ2n) is 6.57. The van der Waals surface area contributed by atoms with E-state index in [-0.39, 0.29) is 16.8 Å². The molecule has 2 aromatic carbocycles. The molecule has 0 bridgehead atoms. The first-order valence-corrected chi connectivity index (χ1v) is 10.3. The van der Waals surface area contributed by atoms with E-state index in [0.29, 0.717) is 31.0 Å². The summed E-state index contributed by atoms with van der Waals surface area (Å²) in [6.45, 7) is 0.392. The van der Waals surface area contributed by atoms with Gasteiger partial charge in [0.1, 0.15) is 22.3 Å². The summed E-state index contributed by atoms with van der Waals surface area (Å²) in [7, 11) is -2.31. The Balaban J connectivity index is 1.59. The molecule has 4 rings (SSSR count). The molecule has 0 fully saturated rings. The van der Waals surface area contributed by atoms with E-state index in [0.717, 1.165) is 11.4 Å². The minimum absolute atomic E-state index is 0.103. The molecule has 146 valence electrons. The summed E-state index contributed by atoms with van der Waals surface area (Å²) in [5, 5.41) is 8.40. The molecule has 1 atom stereocenters. The van der Waals surface area contributed by atoms with Gasteiger partial charge >= 0.3 is 0 Å². The van der Waals surface area contributed by atoms with Crippen LogP contribution >= 0.6 is 0 Å². The van der Waals surface area contributed by atoms with E-state index < -0.39 is 10.0 Å². The van der Waals surface area contributed by atoms with E-state index in [1.54, 1.807) is 30.3 Å². The van der Waals surface area contributed by atoms with Crippen molar-refractivity contribution in [3.8, 4) is 17.1 Å². The lowest BCUT2D eigenvalue weighted by atomic mass is 10.1. The quantitative estimate of drug-likeness (QED) is 0.708. The van der Waals surface area contributed by atoms with E-state index >= 15 is 0 Å². The summed E-state index contributed by atoms with van der Waals surface area (Å²) >= 11 is 0. The van der Waals surface area contributed by atoms with Gasteiger partial charge in [-0.15, -0.1) is 10.2 Å². The normalized spacial score (nSPS) is 16.6. The highest BCUT2D eigenvalue weighted by molar-refractivity contribution is 7.89. The molecule has 1 aromatic heterocycles. The molecule has 0 spiro atoms. The molecule has 0 amide bonds. The van der Waals surface area contributed by atoms with Crippen LogP contribution in [0.3, 0.4) is 0 Å². The first kappa shape index (κ1) is 18.6. The second kappa shape index (κ2) is 7.33. The zero-order valence-electron chi connectivity index (χ0n) is 15.2. The van der Waals surface area contributed by atoms with Gasteiger partial charge in [0.05, 0.1) is 7.11 Å². The number of nitrogens with one attached hydrogen (secondary N) is 1. The molecule has 1 aliphatic rings. The van der Waals surface area contributed by atoms with Crippen molar-refractivity contribution in [2.24, 2.45) is 0 Å². The average Bonchev–Trinajstić information content (AvgIpc) is 3.11. The number of ether oxygens (including phenoxy) is 1. The van der Waals surface area contributed by atoms with Crippen LogP contribution in [0.4, 0.5) is 4.39 Å². The number of sulfonamides is 1. The third-order valence-electron chi connectivity index (χ3n) is 4.73. The molecule has 2 heterocycles. The number of methoxy groups -OCH3 is 1. The maximum atomic E-state index is 13.2. The summed E-state index contributed by atoms with van der Waals surface area (Å²) in [4.78, 5) is 0.103. The molecule has 0 radical (unpaired) electrons. The van der Waals surface area contributed by atoms with E-state index in [4.69, 9.17) is 4.74 Å². The number of para-hydroxylation sites is 1. The van der Waals surface area contributed by atoms with Crippen LogP contribution in [0.25, 0.3) is 11.4 Å². The number of aryl methyl sites for hydroxylation is 1. The Labute approximate surface area is 162 Å². The van der Waals surface area contributed by atoms with E-state index in [2.05, 4.69) is 14.9 Å². The average molecular weight is 402 g/mol. The number of fused-ring (bicyclic) bond motifs is 1. The fourth-order valence-corrected chi connectivity index (χ4v) is 4.79. The number of aromatic nitrogens is 3. The fraction of sp³-hybridized carbons (Fsp3) is 0.263. The predicted octanol–water partition coefficient (Wildman–Crippen LogP) is 2.39. The zero-order valence-corrected chi connectivity index (χ0v) is 16.0. The molecule has 28 heavy (non-hydrogen) atoms. The lowest BCUT2D eigenvalue weighted by Crippen LogP contribution is -2.41. The third kappa shape index (κ3) is 3.50. The molecule has 1 aliphatic heterocycles. The SMILES string of the molecule is COc1ccccc1S(=O)(=O)N[C@H]1CCc2nnc(-c3ccc(F)cc3)n2C1. The fourth-order valence-electron chi connectivity index (χ4n) is 3.36. The Bertz CT molecular complexity index is 1100. The molecule has 1 N–H and O–H groups in total. The molecular formula is C19H19FN4O3S. The van der Waals surface area contributed by atoms with Crippen molar-refractivity contribution in [3.05, 3.63) is 60.2 Å². The molecule has 3 aromatic rings. The van der Waals surface area contributed by atoms with E-state index in [1.807, 2.05) is 4.57 Å². The van der Waals surface area contributed by atoms with Crippen LogP contribution in [-0.4, -0.2) is 36.3 Å². The number of nitrogens with zero attached hydrogens (tertiary/aromatic N) is 3. The summed E-state index contributed by atoms with van der Waals surface area (Å²) < 4.78 is 48.7. The number of hydrogen-bond donors (Lipinski definition) is 1. The summed E-state index contributed by atoms with van der Waals surface area (Å²) in [5.41, 5.74) is 0.730. The van der Waals surface area contributed by atoms with Crippen LogP contribution in [0.2, 0.25) is 0 Å². The van der Waals surface area contributed by atoms with Gasteiger partial charge in [0.25, 0.3) is 0 Å². The second-order valence-corrected chi connectivity index (χ2v) is 8.25. The maximum Gasteiger partial charge on any atom is 0.244 e. The first-order valence-electron chi connectivity index (χ1n) is 8.81.